The molecule has 0 saturated heterocycles. The molecule has 0 bridgehead atoms. The van der Waals surface area contributed by atoms with Crippen LogP contribution in [-0.2, 0) is 0 Å². The predicted octanol–water partition coefficient (Wildman–Crippen LogP) is 5.91. The van der Waals surface area contributed by atoms with Crippen molar-refractivity contribution in [2.24, 2.45) is 0 Å². The molecule has 3 rings (SSSR count). The van der Waals surface area contributed by atoms with Crippen molar-refractivity contribution in [1.29, 1.82) is 0 Å². The van der Waals surface area contributed by atoms with E-state index in [-0.39, 0.29) is 5.56 Å². The van der Waals surface area contributed by atoms with Crippen LogP contribution in [-0.4, -0.2) is 32.5 Å². The third-order valence-corrected chi connectivity index (χ3v) is 3.79. The summed E-state index contributed by atoms with van der Waals surface area (Å²) >= 11 is 0. The highest BCUT2D eigenvalue weighted by Gasteiger charge is 2.22. The summed E-state index contributed by atoms with van der Waals surface area (Å²) in [5, 5.41) is 9.41. The second-order valence-corrected chi connectivity index (χ2v) is 5.83. The molecule has 2 aromatic carbocycles. The average Bonchev–Trinajstić information content (AvgIpc) is 2.72. The molecule has 1 aromatic heterocycles. The van der Waals surface area contributed by atoms with Gasteiger partial charge in [0, 0.05) is 0 Å². The summed E-state index contributed by atoms with van der Waals surface area (Å²) in [7, 11) is -2.82. The number of ether oxygens (including phenoxy) is 2. The fraction of sp³-hybridized carbons (Fsp3) is 0.100. The number of benzene rings is 2. The maximum absolute atomic E-state index is 11.5. The molecule has 0 amide bonds. The minimum absolute atomic E-state index is 0.155. The molecule has 5 nitrogen and oxygen atoms in total. The van der Waals surface area contributed by atoms with Gasteiger partial charge in [-0.25, -0.2) is 9.21 Å². The minimum Gasteiger partial charge on any atom is -0.497 e. The normalized spacial score (nSPS) is 10.6. The smallest absolute Gasteiger partial charge is 0.497 e. The lowest BCUT2D eigenvalue weighted by molar-refractivity contribution is 0.0696. The van der Waals surface area contributed by atoms with Crippen molar-refractivity contribution in [2.45, 2.75) is 0 Å². The molecule has 0 unspecified atom stereocenters. The molecule has 10 heteroatoms. The topological polar surface area (TPSA) is 67.1 Å². The van der Waals surface area contributed by atoms with Crippen molar-refractivity contribution in [3.8, 4) is 34.1 Å². The molecule has 0 spiro atoms. The van der Waals surface area contributed by atoms with E-state index in [1.807, 2.05) is 24.3 Å². The van der Waals surface area contributed by atoms with Gasteiger partial charge < -0.3 is 31.8 Å². The van der Waals surface area contributed by atoms with E-state index in [2.05, 4.69) is 0 Å². The first-order valence-electron chi connectivity index (χ1n) is 8.48. The largest absolute Gasteiger partial charge is 0.673 e. The van der Waals surface area contributed by atoms with Crippen molar-refractivity contribution >= 4 is 13.2 Å². The molecule has 0 saturated carbocycles. The fourth-order valence-electron chi connectivity index (χ4n) is 2.42. The van der Waals surface area contributed by atoms with Gasteiger partial charge >= 0.3 is 24.7 Å². The number of methoxy groups -OCH3 is 2. The molecule has 0 fully saturated rings. The second-order valence-electron chi connectivity index (χ2n) is 5.83. The lowest BCUT2D eigenvalue weighted by atomic mass is 10.1. The molecular weight excluding hydrogens is 407 g/mol. The maximum Gasteiger partial charge on any atom is 0.673 e. The Morgan fingerprint density at radius 1 is 0.800 bits per heavy atom. The van der Waals surface area contributed by atoms with Crippen LogP contribution in [0.1, 0.15) is 10.4 Å². The van der Waals surface area contributed by atoms with Crippen LogP contribution in [0.25, 0.3) is 22.6 Å². The lowest BCUT2D eigenvalue weighted by Gasteiger charge is -2.01. The molecule has 1 heterocycles. The van der Waals surface area contributed by atoms with Gasteiger partial charge in [0.15, 0.2) is 0 Å². The van der Waals surface area contributed by atoms with Crippen molar-refractivity contribution in [3.63, 3.8) is 0 Å². The summed E-state index contributed by atoms with van der Waals surface area (Å²) in [6.07, 6.45) is 0. The Balaban J connectivity index is 0.000000575. The van der Waals surface area contributed by atoms with Crippen molar-refractivity contribution in [2.75, 3.05) is 14.2 Å². The van der Waals surface area contributed by atoms with E-state index < -0.39 is 13.2 Å². The van der Waals surface area contributed by atoms with Crippen LogP contribution < -0.4 is 9.47 Å². The van der Waals surface area contributed by atoms with E-state index in [0.717, 1.165) is 11.1 Å². The maximum atomic E-state index is 11.5. The Morgan fingerprint density at radius 3 is 1.40 bits per heavy atom. The van der Waals surface area contributed by atoms with Gasteiger partial charge in [0.05, 0.1) is 43.0 Å². The molecule has 0 aliphatic rings. The summed E-state index contributed by atoms with van der Waals surface area (Å²) in [5.74, 6) is 1.35. The average molecular weight is 424 g/mol. The summed E-state index contributed by atoms with van der Waals surface area (Å²) in [6, 6.07) is 17.5. The Labute approximate surface area is 169 Å². The highest BCUT2D eigenvalue weighted by molar-refractivity contribution is 6.50. The first-order valence-corrected chi connectivity index (χ1v) is 8.48. The van der Waals surface area contributed by atoms with Crippen LogP contribution in [0.2, 0.25) is 0 Å². The number of carbonyl (C=O) groups is 1. The number of carboxylic acids is 1. The van der Waals surface area contributed by atoms with E-state index in [0.29, 0.717) is 23.0 Å². The third-order valence-electron chi connectivity index (χ3n) is 3.79. The number of halogens is 4. The predicted molar refractivity (Wildman–Crippen MR) is 104 cm³/mol. The van der Waals surface area contributed by atoms with E-state index in [4.69, 9.17) is 13.9 Å². The van der Waals surface area contributed by atoms with Gasteiger partial charge in [-0.3, -0.25) is 0 Å². The Kier molecular flexibility index (Phi) is 7.40. The summed E-state index contributed by atoms with van der Waals surface area (Å²) in [5.41, 5.74) is 1.68. The summed E-state index contributed by atoms with van der Waals surface area (Å²) in [6.45, 7) is 0. The molecule has 0 aliphatic carbocycles. The first kappa shape index (κ1) is 22.7. The van der Waals surface area contributed by atoms with Crippen LogP contribution in [0.5, 0.6) is 11.5 Å². The summed E-state index contributed by atoms with van der Waals surface area (Å²) < 4.78 is 55.2. The van der Waals surface area contributed by atoms with Gasteiger partial charge in [-0.1, -0.05) is 0 Å². The van der Waals surface area contributed by atoms with Gasteiger partial charge in [0.2, 0.25) is 0 Å². The monoisotopic (exact) mass is 424 g/mol. The molecule has 0 atom stereocenters. The highest BCUT2D eigenvalue weighted by Crippen LogP contribution is 2.30. The molecule has 30 heavy (non-hydrogen) atoms. The van der Waals surface area contributed by atoms with Crippen molar-refractivity contribution in [1.82, 2.24) is 0 Å². The first-order chi connectivity index (χ1) is 14.1. The van der Waals surface area contributed by atoms with Gasteiger partial charge in [-0.05, 0) is 48.5 Å². The van der Waals surface area contributed by atoms with Crippen molar-refractivity contribution < 1.29 is 41.1 Å². The van der Waals surface area contributed by atoms with Crippen LogP contribution in [0.4, 0.5) is 17.3 Å². The number of rotatable bonds is 5. The zero-order valence-electron chi connectivity index (χ0n) is 15.9. The Bertz CT molecular complexity index is 918. The molecular formula is C20H17BF4O5. The zero-order valence-corrected chi connectivity index (χ0v) is 15.9. The zero-order chi connectivity index (χ0) is 22.3. The van der Waals surface area contributed by atoms with E-state index in [1.54, 1.807) is 38.5 Å². The molecule has 1 N–H and O–H groups in total. The summed E-state index contributed by atoms with van der Waals surface area (Å²) in [4.78, 5) is 11.5. The second kappa shape index (κ2) is 9.77. The van der Waals surface area contributed by atoms with Gasteiger partial charge in [0.1, 0.15) is 11.5 Å². The van der Waals surface area contributed by atoms with Crippen molar-refractivity contribution in [3.05, 3.63) is 66.2 Å². The van der Waals surface area contributed by atoms with E-state index in [9.17, 15) is 27.2 Å². The SMILES string of the molecule is COc1ccc(-c2cc(C(=O)O)cc(-c3ccc(OC)cc3)[o+]2)cc1.F[B-](F)(F)F. The van der Waals surface area contributed by atoms with Crippen LogP contribution in [0.15, 0.2) is 65.1 Å². The molecule has 3 aromatic rings. The van der Waals surface area contributed by atoms with E-state index in [1.165, 1.54) is 12.1 Å². The van der Waals surface area contributed by atoms with Crippen LogP contribution in [0.3, 0.4) is 0 Å². The van der Waals surface area contributed by atoms with E-state index >= 15 is 0 Å². The van der Waals surface area contributed by atoms with Crippen LogP contribution in [0, 0.1) is 0 Å². The third kappa shape index (κ3) is 6.80. The highest BCUT2D eigenvalue weighted by atomic mass is 19.5. The molecule has 0 radical (unpaired) electrons. The standard InChI is InChI=1S/C20H16O5.BF4/c1-23-16-7-3-13(4-8-16)18-11-15(20(21)22)12-19(25-18)14-5-9-17(24-2)10-6-14;2-1(3,4)5/h3-12H,1-2H3;/q;-1/p+1. The Morgan fingerprint density at radius 2 is 1.13 bits per heavy atom. The van der Waals surface area contributed by atoms with Crippen LogP contribution >= 0.6 is 0 Å². The number of hydrogen-bond donors (Lipinski definition) is 1. The quantitative estimate of drug-likeness (QED) is 0.313. The molecule has 0 aliphatic heterocycles. The lowest BCUT2D eigenvalue weighted by Crippen LogP contribution is -2.02. The molecule has 158 valence electrons. The number of hydrogen-bond acceptors (Lipinski definition) is 3. The number of aromatic carboxylic acids is 1. The minimum atomic E-state index is -6.00. The number of carboxylic acid groups (broad SMARTS) is 1. The fourth-order valence-corrected chi connectivity index (χ4v) is 2.42. The van der Waals surface area contributed by atoms with Gasteiger partial charge in [-0.15, -0.1) is 0 Å². The van der Waals surface area contributed by atoms with Gasteiger partial charge in [0.25, 0.3) is 0 Å². The Hall–Kier alpha value is -3.56. The van der Waals surface area contributed by atoms with Gasteiger partial charge in [-0.2, -0.15) is 0 Å².